The van der Waals surface area contributed by atoms with Crippen molar-refractivity contribution in [2.75, 3.05) is 13.1 Å². The number of carbonyl (C=O) groups excluding carboxylic acids is 1. The molecule has 9 heteroatoms. The molecule has 2 aromatic rings. The van der Waals surface area contributed by atoms with Gasteiger partial charge in [-0.05, 0) is 62.8 Å². The van der Waals surface area contributed by atoms with Gasteiger partial charge >= 0.3 is 0 Å². The maximum Gasteiger partial charge on any atom is 0.248 e. The number of piperidine rings is 1. The van der Waals surface area contributed by atoms with Gasteiger partial charge in [-0.15, -0.1) is 0 Å². The van der Waals surface area contributed by atoms with E-state index in [2.05, 4.69) is 17.4 Å². The maximum absolute atomic E-state index is 13.4. The minimum absolute atomic E-state index is 0.0593. The Hall–Kier alpha value is -2.39. The van der Waals surface area contributed by atoms with Crippen molar-refractivity contribution in [3.8, 4) is 0 Å². The molecule has 32 heavy (non-hydrogen) atoms. The Morgan fingerprint density at radius 2 is 1.94 bits per heavy atom. The van der Waals surface area contributed by atoms with E-state index in [4.69, 9.17) is 8.94 Å². The maximum atomic E-state index is 13.4. The monoisotopic (exact) mass is 461 g/mol. The van der Waals surface area contributed by atoms with Crippen LogP contribution in [0.3, 0.4) is 0 Å². The summed E-state index contributed by atoms with van der Waals surface area (Å²) in [6.07, 6.45) is 10.3. The summed E-state index contributed by atoms with van der Waals surface area (Å²) in [5.74, 6) is 1.16. The molecule has 2 atom stereocenters. The largest absolute Gasteiger partial charge is 0.465 e. The molecule has 4 rings (SSSR count). The minimum atomic E-state index is -3.79. The number of hydrogen-bond donors (Lipinski definition) is 1. The zero-order valence-electron chi connectivity index (χ0n) is 18.6. The highest BCUT2D eigenvalue weighted by atomic mass is 32.2. The molecule has 174 valence electrons. The molecule has 1 aliphatic carbocycles. The summed E-state index contributed by atoms with van der Waals surface area (Å²) in [4.78, 5) is 12.8. The average Bonchev–Trinajstić information content (AvgIpc) is 3.43. The fourth-order valence-corrected chi connectivity index (χ4v) is 6.38. The molecule has 2 aromatic heterocycles. The first-order chi connectivity index (χ1) is 15.4. The van der Waals surface area contributed by atoms with Crippen LogP contribution in [0.5, 0.6) is 0 Å². The lowest BCUT2D eigenvalue weighted by Crippen LogP contribution is -2.47. The van der Waals surface area contributed by atoms with E-state index in [1.807, 2.05) is 0 Å². The average molecular weight is 462 g/mol. The Bertz CT molecular complexity index is 1050. The number of carbonyl (C=O) groups is 1. The van der Waals surface area contributed by atoms with Gasteiger partial charge in [0, 0.05) is 25.0 Å². The third kappa shape index (κ3) is 4.83. The number of aromatic nitrogens is 1. The molecule has 0 aromatic carbocycles. The number of sulfonamides is 1. The van der Waals surface area contributed by atoms with Crippen LogP contribution >= 0.6 is 0 Å². The number of nitrogens with zero attached hydrogens (tertiary/aromatic N) is 2. The van der Waals surface area contributed by atoms with Gasteiger partial charge in [-0.1, -0.05) is 24.9 Å². The molecule has 1 amide bonds. The predicted octanol–water partition coefficient (Wildman–Crippen LogP) is 3.84. The highest BCUT2D eigenvalue weighted by molar-refractivity contribution is 7.89. The second-order valence-electron chi connectivity index (χ2n) is 8.87. The summed E-state index contributed by atoms with van der Waals surface area (Å²) in [5.41, 5.74) is 0.315. The number of nitrogens with one attached hydrogen (secondary N) is 1. The van der Waals surface area contributed by atoms with Crippen molar-refractivity contribution in [3.63, 3.8) is 0 Å². The van der Waals surface area contributed by atoms with Crippen LogP contribution in [0, 0.1) is 18.8 Å². The summed E-state index contributed by atoms with van der Waals surface area (Å²) in [6, 6.07) is 3.75. The smallest absolute Gasteiger partial charge is 0.248 e. The van der Waals surface area contributed by atoms with E-state index in [1.54, 1.807) is 31.2 Å². The van der Waals surface area contributed by atoms with E-state index in [1.165, 1.54) is 17.0 Å². The molecule has 0 unspecified atom stereocenters. The van der Waals surface area contributed by atoms with Gasteiger partial charge in [0.2, 0.25) is 15.9 Å². The lowest BCUT2D eigenvalue weighted by molar-refractivity contribution is -0.127. The van der Waals surface area contributed by atoms with Gasteiger partial charge in [-0.2, -0.15) is 4.31 Å². The number of furan rings is 1. The van der Waals surface area contributed by atoms with E-state index in [-0.39, 0.29) is 28.5 Å². The number of rotatable bonds is 6. The third-order valence-corrected chi connectivity index (χ3v) is 8.69. The fraction of sp³-hybridized carbons (Fsp3) is 0.565. The van der Waals surface area contributed by atoms with Gasteiger partial charge in [0.1, 0.15) is 11.5 Å². The molecule has 2 fully saturated rings. The molecule has 1 N–H and O–H groups in total. The Balaban J connectivity index is 1.41. The molecule has 0 spiro atoms. The van der Waals surface area contributed by atoms with Crippen molar-refractivity contribution in [3.05, 3.63) is 35.6 Å². The van der Waals surface area contributed by atoms with Crippen LogP contribution in [0.2, 0.25) is 0 Å². The lowest BCUT2D eigenvalue weighted by atomic mass is 9.85. The molecule has 3 heterocycles. The minimum Gasteiger partial charge on any atom is -0.465 e. The fourth-order valence-electron chi connectivity index (χ4n) is 4.66. The van der Waals surface area contributed by atoms with Crippen molar-refractivity contribution in [2.24, 2.45) is 11.8 Å². The molecule has 1 aliphatic heterocycles. The Morgan fingerprint density at radius 3 is 2.62 bits per heavy atom. The van der Waals surface area contributed by atoms with E-state index in [0.717, 1.165) is 19.3 Å². The van der Waals surface area contributed by atoms with Gasteiger partial charge in [-0.25, -0.2) is 8.42 Å². The van der Waals surface area contributed by atoms with E-state index in [9.17, 15) is 13.2 Å². The zero-order valence-corrected chi connectivity index (χ0v) is 19.4. The summed E-state index contributed by atoms with van der Waals surface area (Å²) in [7, 11) is -3.79. The Morgan fingerprint density at radius 1 is 1.19 bits per heavy atom. The van der Waals surface area contributed by atoms with Crippen LogP contribution < -0.4 is 5.32 Å². The van der Waals surface area contributed by atoms with Crippen LogP contribution in [0.15, 0.2) is 32.2 Å². The van der Waals surface area contributed by atoms with Gasteiger partial charge in [0.15, 0.2) is 10.7 Å². The van der Waals surface area contributed by atoms with Crippen LogP contribution in [-0.2, 0) is 14.8 Å². The third-order valence-electron chi connectivity index (χ3n) is 6.64. The molecule has 2 aliphatic rings. The van der Waals surface area contributed by atoms with Crippen LogP contribution in [-0.4, -0.2) is 42.9 Å². The quantitative estimate of drug-likeness (QED) is 0.701. The summed E-state index contributed by atoms with van der Waals surface area (Å²) in [6.45, 7) is 4.41. The summed E-state index contributed by atoms with van der Waals surface area (Å²) >= 11 is 0. The van der Waals surface area contributed by atoms with Crippen molar-refractivity contribution in [1.29, 1.82) is 0 Å². The van der Waals surface area contributed by atoms with Crippen LogP contribution in [0.4, 0.5) is 0 Å². The zero-order chi connectivity index (χ0) is 22.7. The number of aryl methyl sites for hydroxylation is 1. The highest BCUT2D eigenvalue weighted by Crippen LogP contribution is 2.30. The van der Waals surface area contributed by atoms with Crippen LogP contribution in [0.1, 0.15) is 62.7 Å². The molecule has 1 saturated heterocycles. The Labute approximate surface area is 189 Å². The second-order valence-corrected chi connectivity index (χ2v) is 10.7. The van der Waals surface area contributed by atoms with Crippen molar-refractivity contribution in [2.45, 2.75) is 63.3 Å². The van der Waals surface area contributed by atoms with Gasteiger partial charge in [0.25, 0.3) is 0 Å². The van der Waals surface area contributed by atoms with Gasteiger partial charge in [0.05, 0.1) is 6.26 Å². The highest BCUT2D eigenvalue weighted by Gasteiger charge is 2.36. The van der Waals surface area contributed by atoms with E-state index >= 15 is 0 Å². The lowest BCUT2D eigenvalue weighted by Gasteiger charge is -2.34. The molecule has 0 bridgehead atoms. The van der Waals surface area contributed by atoms with Crippen molar-refractivity contribution < 1.29 is 22.2 Å². The number of hydrogen-bond acceptors (Lipinski definition) is 6. The first kappa shape index (κ1) is 22.8. The molecule has 1 saturated carbocycles. The predicted molar refractivity (Wildman–Crippen MR) is 120 cm³/mol. The van der Waals surface area contributed by atoms with E-state index < -0.39 is 10.0 Å². The second kappa shape index (κ2) is 9.62. The number of amides is 1. The molecule has 0 radical (unpaired) electrons. The summed E-state index contributed by atoms with van der Waals surface area (Å²) in [5, 5.41) is 7.08. The first-order valence-corrected chi connectivity index (χ1v) is 12.8. The normalized spacial score (nSPS) is 23.6. The van der Waals surface area contributed by atoms with Crippen molar-refractivity contribution in [1.82, 2.24) is 14.8 Å². The summed E-state index contributed by atoms with van der Waals surface area (Å²) < 4.78 is 38.7. The van der Waals surface area contributed by atoms with Crippen molar-refractivity contribution >= 4 is 28.1 Å². The molecular weight excluding hydrogens is 430 g/mol. The standard InChI is InChI=1S/C23H31N3O5S/c1-16-6-3-4-8-20(16)24-23(27)18-11-13-26(14-12-18)32(28,29)22-17(2)25-31-21(22)10-9-19-7-5-15-30-19/h5,7,9-10,15-16,18,20H,3-4,6,8,11-14H2,1-2H3,(H,24,27)/b10-9+/t16-,20-/m0/s1. The van der Waals surface area contributed by atoms with E-state index in [0.29, 0.717) is 43.3 Å². The molecular formula is C23H31N3O5S. The topological polar surface area (TPSA) is 106 Å². The van der Waals surface area contributed by atoms with Crippen LogP contribution in [0.25, 0.3) is 12.2 Å². The van der Waals surface area contributed by atoms with Gasteiger partial charge < -0.3 is 14.3 Å². The first-order valence-electron chi connectivity index (χ1n) is 11.3. The molecule has 8 nitrogen and oxygen atoms in total. The van der Waals surface area contributed by atoms with Gasteiger partial charge in [-0.3, -0.25) is 4.79 Å². The Kier molecular flexibility index (Phi) is 6.85. The SMILES string of the molecule is Cc1noc(/C=C/c2ccco2)c1S(=O)(=O)N1CCC(C(=O)N[C@H]2CCCC[C@@H]2C)CC1.